The van der Waals surface area contributed by atoms with E-state index in [1.807, 2.05) is 12.1 Å². The highest BCUT2D eigenvalue weighted by Gasteiger charge is 2.54. The zero-order valence-electron chi connectivity index (χ0n) is 79.5. The fourth-order valence-electron chi connectivity index (χ4n) is 25.7. The van der Waals surface area contributed by atoms with Gasteiger partial charge in [0.1, 0.15) is 11.2 Å². The summed E-state index contributed by atoms with van der Waals surface area (Å²) in [6.45, 7) is 0. The molecule has 0 radical (unpaired) electrons. The van der Waals surface area contributed by atoms with Gasteiger partial charge in [0, 0.05) is 82.4 Å². The predicted octanol–water partition coefficient (Wildman–Crippen LogP) is 36.9. The van der Waals surface area contributed by atoms with E-state index in [0.717, 1.165) is 101 Å². The molecule has 27 aromatic rings. The van der Waals surface area contributed by atoms with E-state index in [4.69, 9.17) is 4.42 Å². The lowest BCUT2D eigenvalue weighted by molar-refractivity contribution is 0.669. The Kier molecular flexibility index (Phi) is 18.5. The third-order valence-electron chi connectivity index (χ3n) is 31.7. The highest BCUT2D eigenvalue weighted by molar-refractivity contribution is 6.17. The monoisotopic (exact) mass is 1860 g/mol. The molecule has 2 atom stereocenters. The molecule has 146 heavy (non-hydrogen) atoms. The largest absolute Gasteiger partial charge is 0.456 e. The Morgan fingerprint density at radius 2 is 0.493 bits per heavy atom. The first-order valence-electron chi connectivity index (χ1n) is 50.5. The Morgan fingerprint density at radius 3 is 1.01 bits per heavy atom. The summed E-state index contributed by atoms with van der Waals surface area (Å²) in [6, 6.07) is 199. The zero-order chi connectivity index (χ0) is 95.8. The average molecular weight is 1860 g/mol. The SMILES string of the molecule is c1ccc(-c2cccc(-c3ccccc3N(c3ccc(-c4ccc5c(c4)c4ccccc4n5-c4ccccc4)cc3)c3cccc4c3-c3ccccc3C43c4ccccc4-n4c5ccccc5c5cccc3c54)c2)cc1.c1ccc(-c2cccc(-c3ccccc3N(c3ccc(-c4ccc5c(c4)oc4ccccc45)cc3)c3cccc4c3-c3ccccc3C43c4ccccc4-n4c5ccccc5c5cccc3c54)c2)cc1. The Balaban J connectivity index is 0.000000136. The zero-order valence-corrected chi connectivity index (χ0v) is 79.5. The van der Waals surface area contributed by atoms with Crippen molar-refractivity contribution in [1.82, 2.24) is 13.7 Å². The quantitative estimate of drug-likeness (QED) is 0.115. The highest BCUT2D eigenvalue weighted by atomic mass is 16.3. The molecule has 4 aliphatic rings. The minimum absolute atomic E-state index is 0.587. The van der Waals surface area contributed by atoms with Gasteiger partial charge in [0.25, 0.3) is 0 Å². The van der Waals surface area contributed by atoms with Crippen LogP contribution in [0.4, 0.5) is 34.1 Å². The lowest BCUT2D eigenvalue weighted by Crippen LogP contribution is -2.33. The van der Waals surface area contributed by atoms with E-state index >= 15 is 0 Å². The summed E-state index contributed by atoms with van der Waals surface area (Å²) in [5.74, 6) is 0. The topological polar surface area (TPSA) is 34.4 Å². The minimum Gasteiger partial charge on any atom is -0.456 e. The summed E-state index contributed by atoms with van der Waals surface area (Å²) in [7, 11) is 0. The van der Waals surface area contributed by atoms with E-state index < -0.39 is 10.8 Å². The molecule has 6 heteroatoms. The lowest BCUT2D eigenvalue weighted by Gasteiger charge is -2.39. The second kappa shape index (κ2) is 32.7. The third-order valence-corrected chi connectivity index (χ3v) is 31.7. The van der Waals surface area contributed by atoms with Gasteiger partial charge in [-0.1, -0.05) is 406 Å². The fraction of sp³-hybridized carbons (Fsp3) is 0.0143. The molecule has 0 fully saturated rings. The van der Waals surface area contributed by atoms with Gasteiger partial charge in [0.15, 0.2) is 0 Å². The van der Waals surface area contributed by atoms with Crippen molar-refractivity contribution in [3.05, 3.63) is 584 Å². The van der Waals surface area contributed by atoms with Crippen molar-refractivity contribution in [2.24, 2.45) is 0 Å². The van der Waals surface area contributed by atoms with Crippen LogP contribution in [0.15, 0.2) is 544 Å². The molecule has 680 valence electrons. The van der Waals surface area contributed by atoms with Crippen molar-refractivity contribution >= 4 is 121 Å². The summed E-state index contributed by atoms with van der Waals surface area (Å²) in [5, 5.41) is 9.84. The maximum absolute atomic E-state index is 6.37. The van der Waals surface area contributed by atoms with Gasteiger partial charge in [0.05, 0.1) is 78.1 Å². The first kappa shape index (κ1) is 82.7. The van der Waals surface area contributed by atoms with Crippen LogP contribution in [-0.2, 0) is 10.8 Å². The molecular formula is C140H89N5O. The molecule has 0 saturated carbocycles. The van der Waals surface area contributed by atoms with Crippen LogP contribution in [0.3, 0.4) is 0 Å². The number of furan rings is 1. The van der Waals surface area contributed by atoms with E-state index in [1.54, 1.807) is 0 Å². The van der Waals surface area contributed by atoms with E-state index in [9.17, 15) is 0 Å². The van der Waals surface area contributed by atoms with Crippen molar-refractivity contribution in [3.63, 3.8) is 0 Å². The third kappa shape index (κ3) is 12.2. The number of nitrogens with zero attached hydrogens (tertiary/aromatic N) is 5. The van der Waals surface area contributed by atoms with Crippen molar-refractivity contribution in [1.29, 1.82) is 0 Å². The number of fused-ring (bicyclic) bond motifs is 30. The number of benzene rings is 23. The van der Waals surface area contributed by atoms with Crippen LogP contribution in [0.1, 0.15) is 44.5 Å². The van der Waals surface area contributed by atoms with Gasteiger partial charge in [-0.05, 0) is 245 Å². The maximum atomic E-state index is 6.37. The van der Waals surface area contributed by atoms with Gasteiger partial charge < -0.3 is 27.9 Å². The molecule has 2 aliphatic heterocycles. The van der Waals surface area contributed by atoms with E-state index in [1.165, 1.54) is 171 Å². The summed E-state index contributed by atoms with van der Waals surface area (Å²) in [6.07, 6.45) is 0. The van der Waals surface area contributed by atoms with Crippen LogP contribution in [-0.4, -0.2) is 13.7 Å². The van der Waals surface area contributed by atoms with Gasteiger partial charge in [-0.2, -0.15) is 0 Å². The fourth-order valence-corrected chi connectivity index (χ4v) is 25.7. The molecule has 4 aromatic heterocycles. The maximum Gasteiger partial charge on any atom is 0.136 e. The summed E-state index contributed by atoms with van der Waals surface area (Å²) in [5.41, 5.74) is 47.5. The summed E-state index contributed by atoms with van der Waals surface area (Å²) in [4.78, 5) is 5.05. The van der Waals surface area contributed by atoms with Gasteiger partial charge in [-0.25, -0.2) is 0 Å². The molecule has 6 heterocycles. The second-order valence-corrected chi connectivity index (χ2v) is 39.1. The summed E-state index contributed by atoms with van der Waals surface area (Å²) >= 11 is 0. The number of rotatable bonds is 13. The standard InChI is InChI=1S/C73H47N3.C67H42N2O/c1-3-20-48(21-4-1)50-22-17-23-52(46-50)55-26-8-13-35-65(55)75(54-43-40-49(41-44-54)51-42-45-68-60(47-51)57-28-10-14-36-66(57)74(68)53-24-5-2-6-25-53)70-39-19-33-63-71(70)59-29-7-11-31-61(59)73(63)62-32-12-16-38-69(62)76-67-37-15-9-27-56(67)58-30-18-34-64(73)72(58)76;1-2-17-43(18-3-1)45-19-14-20-47(41-45)49-21-5-10-30-59(49)68(48-38-35-44(36-39-48)46-37-40-52-51-23-7-13-34-63(51)70-64(52)42-46)62-33-16-28-57-65(62)54-24-4-8-26-55(54)67(57)56-27-9-12-32-61(56)69-60-31-11-6-22-50(60)53-25-15-29-58(67)66(53)69/h1-47H;1-42H. The molecule has 2 unspecified atom stereocenters. The smallest absolute Gasteiger partial charge is 0.136 e. The van der Waals surface area contributed by atoms with Gasteiger partial charge in [0.2, 0.25) is 0 Å². The van der Waals surface area contributed by atoms with Crippen LogP contribution in [0.2, 0.25) is 0 Å². The van der Waals surface area contributed by atoms with Crippen LogP contribution >= 0.6 is 0 Å². The Labute approximate surface area is 844 Å². The first-order chi connectivity index (χ1) is 72.5. The molecule has 0 bridgehead atoms. The Hall–Kier alpha value is -19.1. The lowest BCUT2D eigenvalue weighted by atomic mass is 9.65. The molecule has 0 saturated heterocycles. The van der Waals surface area contributed by atoms with Gasteiger partial charge in [-0.15, -0.1) is 0 Å². The molecule has 2 aliphatic carbocycles. The Bertz CT molecular complexity index is 10000. The van der Waals surface area contributed by atoms with Crippen LogP contribution < -0.4 is 9.80 Å². The van der Waals surface area contributed by atoms with Crippen molar-refractivity contribution in [2.45, 2.75) is 10.8 Å². The summed E-state index contributed by atoms with van der Waals surface area (Å²) < 4.78 is 13.8. The normalized spacial score (nSPS) is 14.2. The van der Waals surface area contributed by atoms with Gasteiger partial charge >= 0.3 is 0 Å². The van der Waals surface area contributed by atoms with Crippen LogP contribution in [0.25, 0.3) is 193 Å². The number of hydrogen-bond donors (Lipinski definition) is 0. The van der Waals surface area contributed by atoms with E-state index in [-0.39, 0.29) is 0 Å². The van der Waals surface area contributed by atoms with Crippen molar-refractivity contribution < 1.29 is 4.42 Å². The number of hydrogen-bond acceptors (Lipinski definition) is 3. The van der Waals surface area contributed by atoms with E-state index in [2.05, 4.69) is 551 Å². The molecule has 6 nitrogen and oxygen atoms in total. The van der Waals surface area contributed by atoms with Crippen molar-refractivity contribution in [3.8, 4) is 106 Å². The molecule has 23 aromatic carbocycles. The number of para-hydroxylation sites is 11. The second-order valence-electron chi connectivity index (χ2n) is 39.1. The molecule has 0 amide bonds. The Morgan fingerprint density at radius 1 is 0.171 bits per heavy atom. The molecule has 31 rings (SSSR count). The minimum atomic E-state index is -0.593. The number of anilines is 6. The molecule has 0 N–H and O–H groups in total. The van der Waals surface area contributed by atoms with Crippen molar-refractivity contribution in [2.75, 3.05) is 9.80 Å². The van der Waals surface area contributed by atoms with Crippen LogP contribution in [0.5, 0.6) is 0 Å². The highest BCUT2D eigenvalue weighted by Crippen LogP contribution is 2.67. The number of aromatic nitrogens is 3. The molecule has 2 spiro atoms. The average Bonchev–Trinajstić information content (AvgIpc) is 1.50. The van der Waals surface area contributed by atoms with E-state index in [0.29, 0.717) is 0 Å². The molecular weight excluding hydrogens is 1770 g/mol. The van der Waals surface area contributed by atoms with Crippen LogP contribution in [0, 0.1) is 0 Å². The predicted molar refractivity (Wildman–Crippen MR) is 607 cm³/mol. The van der Waals surface area contributed by atoms with Gasteiger partial charge in [-0.3, -0.25) is 0 Å². The first-order valence-corrected chi connectivity index (χ1v) is 50.5.